The van der Waals surface area contributed by atoms with Crippen LogP contribution >= 0.6 is 0 Å². The van der Waals surface area contributed by atoms with Gasteiger partial charge in [-0.15, -0.1) is 0 Å². The Morgan fingerprint density at radius 2 is 2.00 bits per heavy atom. The van der Waals surface area contributed by atoms with Crippen molar-refractivity contribution in [3.05, 3.63) is 18.6 Å². The number of nitrogens with zero attached hydrogens (tertiary/aromatic N) is 3. The molecule has 2 aromatic heterocycles. The first kappa shape index (κ1) is 18.4. The van der Waals surface area contributed by atoms with E-state index in [-0.39, 0.29) is 6.10 Å². The van der Waals surface area contributed by atoms with Crippen molar-refractivity contribution in [1.29, 1.82) is 0 Å². The zero-order valence-corrected chi connectivity index (χ0v) is 16.5. The third-order valence-electron chi connectivity index (χ3n) is 4.82. The lowest BCUT2D eigenvalue weighted by molar-refractivity contribution is 0.0899. The minimum absolute atomic E-state index is 0.141. The van der Waals surface area contributed by atoms with Crippen molar-refractivity contribution in [2.45, 2.75) is 70.2 Å². The molecule has 1 aliphatic rings. The molecule has 0 bridgehead atoms. The van der Waals surface area contributed by atoms with Crippen molar-refractivity contribution in [2.24, 2.45) is 0 Å². The number of aliphatic hydroxyl groups is 1. The molecule has 0 aliphatic heterocycles. The van der Waals surface area contributed by atoms with Crippen LogP contribution in [0.5, 0.6) is 0 Å². The summed E-state index contributed by atoms with van der Waals surface area (Å²) in [5.41, 5.74) is 0.904. The van der Waals surface area contributed by atoms with Gasteiger partial charge in [0.25, 0.3) is 0 Å². The number of anilines is 1. The smallest absolute Gasteiger partial charge is 0.147 e. The van der Waals surface area contributed by atoms with Crippen molar-refractivity contribution in [1.82, 2.24) is 14.5 Å². The Labute approximate surface area is 150 Å². The van der Waals surface area contributed by atoms with E-state index in [0.717, 1.165) is 49.1 Å². The summed E-state index contributed by atoms with van der Waals surface area (Å²) < 4.78 is 7.89. The van der Waals surface area contributed by atoms with Gasteiger partial charge in [-0.3, -0.25) is 0 Å². The predicted molar refractivity (Wildman–Crippen MR) is 104 cm³/mol. The normalized spacial score (nSPS) is 21.6. The molecule has 0 amide bonds. The molecule has 0 spiro atoms. The zero-order valence-electron chi connectivity index (χ0n) is 15.5. The largest absolute Gasteiger partial charge is 0.393 e. The Morgan fingerprint density at radius 1 is 1.24 bits per heavy atom. The van der Waals surface area contributed by atoms with E-state index in [1.807, 2.05) is 10.8 Å². The van der Waals surface area contributed by atoms with Crippen LogP contribution in [0.3, 0.4) is 0 Å². The summed E-state index contributed by atoms with van der Waals surface area (Å²) in [5, 5.41) is 14.2. The van der Waals surface area contributed by atoms with Gasteiger partial charge in [0.05, 0.1) is 11.5 Å². The second-order valence-electron chi connectivity index (χ2n) is 8.24. The van der Waals surface area contributed by atoms with Crippen LogP contribution in [0.25, 0.3) is 11.0 Å². The molecule has 3 rings (SSSR count). The monoisotopic (exact) mass is 362 g/mol. The molecule has 0 saturated heterocycles. The Bertz CT molecular complexity index is 690. The molecular formula is C18H30N4O2Si. The molecule has 138 valence electrons. The van der Waals surface area contributed by atoms with Gasteiger partial charge in [0, 0.05) is 26.9 Å². The topological polar surface area (TPSA) is 72.2 Å². The van der Waals surface area contributed by atoms with Gasteiger partial charge in [-0.05, 0) is 37.8 Å². The van der Waals surface area contributed by atoms with Crippen molar-refractivity contribution < 1.29 is 9.84 Å². The molecule has 25 heavy (non-hydrogen) atoms. The first-order valence-corrected chi connectivity index (χ1v) is 13.0. The third-order valence-corrected chi connectivity index (χ3v) is 6.52. The number of fused-ring (bicyclic) bond motifs is 1. The lowest BCUT2D eigenvalue weighted by Gasteiger charge is -2.26. The maximum atomic E-state index is 9.65. The highest BCUT2D eigenvalue weighted by Crippen LogP contribution is 2.25. The molecule has 0 aromatic carbocycles. The molecule has 2 N–H and O–H groups in total. The van der Waals surface area contributed by atoms with Crippen LogP contribution in [0.15, 0.2) is 18.6 Å². The molecule has 1 fully saturated rings. The van der Waals surface area contributed by atoms with E-state index in [1.54, 1.807) is 6.33 Å². The van der Waals surface area contributed by atoms with Gasteiger partial charge in [0.1, 0.15) is 24.5 Å². The summed E-state index contributed by atoms with van der Waals surface area (Å²) in [7, 11) is -1.06. The molecule has 1 aliphatic carbocycles. The van der Waals surface area contributed by atoms with Gasteiger partial charge >= 0.3 is 0 Å². The van der Waals surface area contributed by atoms with Gasteiger partial charge in [-0.1, -0.05) is 19.6 Å². The van der Waals surface area contributed by atoms with Crippen LogP contribution in [0.1, 0.15) is 25.7 Å². The second kappa shape index (κ2) is 7.84. The number of hydrogen-bond donors (Lipinski definition) is 2. The molecular weight excluding hydrogens is 332 g/mol. The van der Waals surface area contributed by atoms with Crippen molar-refractivity contribution >= 4 is 24.9 Å². The molecule has 7 heteroatoms. The number of ether oxygens (including phenoxy) is 1. The lowest BCUT2D eigenvalue weighted by atomic mass is 9.93. The van der Waals surface area contributed by atoms with Gasteiger partial charge in [-0.25, -0.2) is 9.97 Å². The number of aliphatic hydroxyl groups excluding tert-OH is 1. The summed E-state index contributed by atoms with van der Waals surface area (Å²) in [6.45, 7) is 8.40. The minimum Gasteiger partial charge on any atom is -0.393 e. The van der Waals surface area contributed by atoms with Crippen LogP contribution in [0.2, 0.25) is 25.7 Å². The Morgan fingerprint density at radius 3 is 2.72 bits per heavy atom. The highest BCUT2D eigenvalue weighted by atomic mass is 28.3. The highest BCUT2D eigenvalue weighted by molar-refractivity contribution is 6.76. The van der Waals surface area contributed by atoms with Crippen LogP contribution in [-0.2, 0) is 11.5 Å². The fraction of sp³-hybridized carbons (Fsp3) is 0.667. The lowest BCUT2D eigenvalue weighted by Crippen LogP contribution is -2.28. The third kappa shape index (κ3) is 5.02. The van der Waals surface area contributed by atoms with E-state index in [2.05, 4.69) is 41.0 Å². The van der Waals surface area contributed by atoms with Gasteiger partial charge in [-0.2, -0.15) is 0 Å². The van der Waals surface area contributed by atoms with E-state index in [9.17, 15) is 5.11 Å². The Hall–Kier alpha value is -1.44. The summed E-state index contributed by atoms with van der Waals surface area (Å²) in [5.74, 6) is 0.882. The average Bonchev–Trinajstić information content (AvgIpc) is 2.97. The van der Waals surface area contributed by atoms with Gasteiger partial charge in [0.2, 0.25) is 0 Å². The SMILES string of the molecule is C[Si](C)(C)CCOCn1ccc2c(NC3CCC(O)CC3)ncnc21. The first-order valence-electron chi connectivity index (χ1n) is 9.24. The summed E-state index contributed by atoms with van der Waals surface area (Å²) in [4.78, 5) is 8.86. The Kier molecular flexibility index (Phi) is 5.76. The van der Waals surface area contributed by atoms with E-state index in [4.69, 9.17) is 4.74 Å². The Balaban J connectivity index is 1.63. The van der Waals surface area contributed by atoms with Crippen LogP contribution in [-0.4, -0.2) is 46.5 Å². The highest BCUT2D eigenvalue weighted by Gasteiger charge is 2.20. The summed E-state index contributed by atoms with van der Waals surface area (Å²) in [6, 6.07) is 3.59. The predicted octanol–water partition coefficient (Wildman–Crippen LogP) is 3.46. The van der Waals surface area contributed by atoms with Gasteiger partial charge < -0.3 is 19.7 Å². The number of rotatable bonds is 7. The van der Waals surface area contributed by atoms with Crippen LogP contribution in [0, 0.1) is 0 Å². The summed E-state index contributed by atoms with van der Waals surface area (Å²) in [6.07, 6.45) is 7.17. The number of nitrogens with one attached hydrogen (secondary N) is 1. The fourth-order valence-electron chi connectivity index (χ4n) is 3.18. The zero-order chi connectivity index (χ0) is 17.9. The second-order valence-corrected chi connectivity index (χ2v) is 13.9. The van der Waals surface area contributed by atoms with Gasteiger partial charge in [0.15, 0.2) is 0 Å². The number of aromatic nitrogens is 3. The number of hydrogen-bond acceptors (Lipinski definition) is 5. The molecule has 0 unspecified atom stereocenters. The van der Waals surface area contributed by atoms with E-state index >= 15 is 0 Å². The van der Waals surface area contributed by atoms with Crippen molar-refractivity contribution in [2.75, 3.05) is 11.9 Å². The summed E-state index contributed by atoms with van der Waals surface area (Å²) >= 11 is 0. The maximum Gasteiger partial charge on any atom is 0.147 e. The fourth-order valence-corrected chi connectivity index (χ4v) is 3.93. The standard InChI is InChI=1S/C18H30N4O2Si/c1-25(2,3)11-10-24-13-22-9-8-16-17(19-12-20-18(16)22)21-14-4-6-15(23)7-5-14/h8-9,12,14-15,23H,4-7,10-11,13H2,1-3H3,(H,19,20,21). The van der Waals surface area contributed by atoms with Crippen LogP contribution < -0.4 is 5.32 Å². The van der Waals surface area contributed by atoms with Crippen LogP contribution in [0.4, 0.5) is 5.82 Å². The molecule has 2 heterocycles. The first-order chi connectivity index (χ1) is 11.9. The maximum absolute atomic E-state index is 9.65. The average molecular weight is 363 g/mol. The molecule has 6 nitrogen and oxygen atoms in total. The van der Waals surface area contributed by atoms with E-state index < -0.39 is 8.07 Å². The quantitative estimate of drug-likeness (QED) is 0.583. The van der Waals surface area contributed by atoms with Crippen molar-refractivity contribution in [3.63, 3.8) is 0 Å². The van der Waals surface area contributed by atoms with E-state index in [1.165, 1.54) is 6.04 Å². The molecule has 0 radical (unpaired) electrons. The minimum atomic E-state index is -1.06. The molecule has 2 aromatic rings. The molecule has 0 atom stereocenters. The molecule has 1 saturated carbocycles. The van der Waals surface area contributed by atoms with E-state index in [0.29, 0.717) is 12.8 Å². The van der Waals surface area contributed by atoms with Crippen molar-refractivity contribution in [3.8, 4) is 0 Å².